The summed E-state index contributed by atoms with van der Waals surface area (Å²) in [7, 11) is 0. The predicted molar refractivity (Wildman–Crippen MR) is 136 cm³/mol. The van der Waals surface area contributed by atoms with Gasteiger partial charge in [0.15, 0.2) is 0 Å². The molecule has 0 bridgehead atoms. The number of anilines is 1. The third-order valence-electron chi connectivity index (χ3n) is 7.92. The Bertz CT molecular complexity index is 1010. The number of piperidine rings is 1. The van der Waals surface area contributed by atoms with Gasteiger partial charge < -0.3 is 14.5 Å². The van der Waals surface area contributed by atoms with Gasteiger partial charge in [-0.2, -0.15) is 5.26 Å². The summed E-state index contributed by atoms with van der Waals surface area (Å²) in [6, 6.07) is 11.1. The summed E-state index contributed by atoms with van der Waals surface area (Å²) < 4.78 is 6.39. The molecule has 3 aliphatic rings. The molecule has 3 fully saturated rings. The van der Waals surface area contributed by atoms with Crippen molar-refractivity contribution in [3.8, 4) is 6.07 Å². The second-order valence-electron chi connectivity index (χ2n) is 10.1. The number of morpholine rings is 1. The summed E-state index contributed by atoms with van der Waals surface area (Å²) >= 11 is 0. The van der Waals surface area contributed by atoms with Crippen molar-refractivity contribution in [2.24, 2.45) is 0 Å². The Kier molecular flexibility index (Phi) is 7.31. The molecule has 0 radical (unpaired) electrons. The molecular formula is C27H38N6O. The topological polar surface area (TPSA) is 58.9 Å². The summed E-state index contributed by atoms with van der Waals surface area (Å²) in [5.41, 5.74) is 2.58. The lowest BCUT2D eigenvalue weighted by atomic mass is 10.0. The summed E-state index contributed by atoms with van der Waals surface area (Å²) in [6.45, 7) is 15.5. The molecule has 182 valence electrons. The number of fused-ring (bicyclic) bond motifs is 1. The van der Waals surface area contributed by atoms with Crippen LogP contribution >= 0.6 is 0 Å². The van der Waals surface area contributed by atoms with Gasteiger partial charge in [0.05, 0.1) is 23.3 Å². The van der Waals surface area contributed by atoms with Crippen molar-refractivity contribution >= 4 is 16.6 Å². The van der Waals surface area contributed by atoms with Crippen molar-refractivity contribution in [3.63, 3.8) is 0 Å². The second-order valence-corrected chi connectivity index (χ2v) is 10.1. The number of nitrogens with zero attached hydrogens (tertiary/aromatic N) is 6. The number of pyridine rings is 1. The zero-order chi connectivity index (χ0) is 23.5. The first-order valence-electron chi connectivity index (χ1n) is 13.0. The van der Waals surface area contributed by atoms with Crippen LogP contribution in [0.25, 0.3) is 10.9 Å². The third-order valence-corrected chi connectivity index (χ3v) is 7.92. The van der Waals surface area contributed by atoms with Gasteiger partial charge in [-0.3, -0.25) is 14.8 Å². The summed E-state index contributed by atoms with van der Waals surface area (Å²) in [6.07, 6.45) is 4.76. The molecular weight excluding hydrogens is 424 g/mol. The minimum Gasteiger partial charge on any atom is -0.370 e. The molecule has 0 N–H and O–H groups in total. The Morgan fingerprint density at radius 1 is 1.03 bits per heavy atom. The highest BCUT2D eigenvalue weighted by Crippen LogP contribution is 2.30. The first-order valence-corrected chi connectivity index (χ1v) is 13.0. The Labute approximate surface area is 203 Å². The summed E-state index contributed by atoms with van der Waals surface area (Å²) in [5.74, 6) is 0. The van der Waals surface area contributed by atoms with Gasteiger partial charge in [-0.1, -0.05) is 6.92 Å². The molecule has 2 aromatic rings. The van der Waals surface area contributed by atoms with Crippen LogP contribution < -0.4 is 4.90 Å². The van der Waals surface area contributed by atoms with Crippen molar-refractivity contribution in [1.82, 2.24) is 19.7 Å². The highest BCUT2D eigenvalue weighted by molar-refractivity contribution is 5.95. The molecule has 2 atom stereocenters. The number of rotatable bonds is 5. The van der Waals surface area contributed by atoms with E-state index in [0.29, 0.717) is 5.56 Å². The van der Waals surface area contributed by atoms with Gasteiger partial charge in [0, 0.05) is 69.1 Å². The molecule has 7 heteroatoms. The van der Waals surface area contributed by atoms with Gasteiger partial charge in [0.2, 0.25) is 0 Å². The van der Waals surface area contributed by atoms with Crippen LogP contribution in [-0.4, -0.2) is 103 Å². The highest BCUT2D eigenvalue weighted by Gasteiger charge is 2.31. The SMILES string of the molecule is CCN1CCC(N2CCN(C[C@H]3CN(c4ccc(C#N)c5ncccc45)C[C@@H](C)O3)CC2)CC1. The van der Waals surface area contributed by atoms with E-state index in [0.717, 1.165) is 55.4 Å². The van der Waals surface area contributed by atoms with E-state index in [1.807, 2.05) is 12.1 Å². The largest absolute Gasteiger partial charge is 0.370 e. The lowest BCUT2D eigenvalue weighted by Crippen LogP contribution is -2.56. The number of ether oxygens (including phenoxy) is 1. The van der Waals surface area contributed by atoms with Crippen molar-refractivity contribution in [2.75, 3.05) is 70.3 Å². The van der Waals surface area contributed by atoms with Crippen molar-refractivity contribution in [1.29, 1.82) is 5.26 Å². The van der Waals surface area contributed by atoms with Crippen molar-refractivity contribution in [2.45, 2.75) is 44.9 Å². The number of hydrogen-bond acceptors (Lipinski definition) is 7. The Balaban J connectivity index is 1.20. The minimum absolute atomic E-state index is 0.172. The fourth-order valence-electron chi connectivity index (χ4n) is 6.07. The second kappa shape index (κ2) is 10.6. The fourth-order valence-corrected chi connectivity index (χ4v) is 6.07. The molecule has 7 nitrogen and oxygen atoms in total. The van der Waals surface area contributed by atoms with Crippen LogP contribution in [0.2, 0.25) is 0 Å². The standard InChI is InChI=1S/C27H38N6O/c1-3-30-11-8-23(9-12-30)32-15-13-31(14-16-32)19-24-20-33(18-21(2)34-24)26-7-6-22(17-28)27-25(26)5-4-10-29-27/h4-7,10,21,23-24H,3,8-9,11-16,18-20H2,1-2H3/t21-,24+/m1/s1. The van der Waals surface area contributed by atoms with E-state index < -0.39 is 0 Å². The monoisotopic (exact) mass is 462 g/mol. The maximum Gasteiger partial charge on any atom is 0.101 e. The molecule has 5 rings (SSSR count). The van der Waals surface area contributed by atoms with E-state index in [1.54, 1.807) is 6.20 Å². The van der Waals surface area contributed by atoms with Crippen molar-refractivity contribution < 1.29 is 4.74 Å². The lowest BCUT2D eigenvalue weighted by Gasteiger charge is -2.44. The first-order chi connectivity index (χ1) is 16.6. The van der Waals surface area contributed by atoms with Crippen LogP contribution in [0, 0.1) is 11.3 Å². The number of aromatic nitrogens is 1. The lowest BCUT2D eigenvalue weighted by molar-refractivity contribution is -0.0409. The maximum atomic E-state index is 9.49. The third kappa shape index (κ3) is 5.06. The molecule has 0 spiro atoms. The number of hydrogen-bond donors (Lipinski definition) is 0. The quantitative estimate of drug-likeness (QED) is 0.677. The normalized spacial score (nSPS) is 26.1. The van der Waals surface area contributed by atoms with Crippen molar-refractivity contribution in [3.05, 3.63) is 36.0 Å². The van der Waals surface area contributed by atoms with Crippen LogP contribution in [0.4, 0.5) is 5.69 Å². The van der Waals surface area contributed by atoms with E-state index in [9.17, 15) is 5.26 Å². The fraction of sp³-hybridized carbons (Fsp3) is 0.630. The molecule has 3 aliphatic heterocycles. The minimum atomic E-state index is 0.172. The van der Waals surface area contributed by atoms with Gasteiger partial charge in [-0.05, 0) is 63.7 Å². The zero-order valence-electron chi connectivity index (χ0n) is 20.7. The molecule has 3 saturated heterocycles. The molecule has 1 aromatic heterocycles. The van der Waals surface area contributed by atoms with Gasteiger partial charge in [0.25, 0.3) is 0 Å². The molecule has 0 amide bonds. The van der Waals surface area contributed by atoms with E-state index >= 15 is 0 Å². The van der Waals surface area contributed by atoms with Gasteiger partial charge in [0.1, 0.15) is 6.07 Å². The average Bonchev–Trinajstić information content (AvgIpc) is 2.88. The highest BCUT2D eigenvalue weighted by atomic mass is 16.5. The van der Waals surface area contributed by atoms with E-state index in [4.69, 9.17) is 4.74 Å². The molecule has 1 aromatic carbocycles. The van der Waals surface area contributed by atoms with Crippen LogP contribution in [0.5, 0.6) is 0 Å². The first kappa shape index (κ1) is 23.5. The number of likely N-dealkylation sites (tertiary alicyclic amines) is 1. The van der Waals surface area contributed by atoms with Crippen LogP contribution in [0.3, 0.4) is 0 Å². The van der Waals surface area contributed by atoms with Gasteiger partial charge >= 0.3 is 0 Å². The molecule has 0 aliphatic carbocycles. The summed E-state index contributed by atoms with van der Waals surface area (Å²) in [5, 5.41) is 10.5. The van der Waals surface area contributed by atoms with Crippen LogP contribution in [0.15, 0.2) is 30.5 Å². The maximum absolute atomic E-state index is 9.49. The van der Waals surface area contributed by atoms with E-state index in [2.05, 4.69) is 56.6 Å². The van der Waals surface area contributed by atoms with Gasteiger partial charge in [-0.15, -0.1) is 0 Å². The summed E-state index contributed by atoms with van der Waals surface area (Å²) in [4.78, 5) is 14.8. The van der Waals surface area contributed by atoms with E-state index in [1.165, 1.54) is 45.6 Å². The number of benzene rings is 1. The smallest absolute Gasteiger partial charge is 0.101 e. The molecule has 4 heterocycles. The molecule has 0 unspecified atom stereocenters. The molecule has 0 saturated carbocycles. The number of nitriles is 1. The van der Waals surface area contributed by atoms with Crippen LogP contribution in [-0.2, 0) is 4.74 Å². The zero-order valence-corrected chi connectivity index (χ0v) is 20.7. The average molecular weight is 463 g/mol. The Morgan fingerprint density at radius 2 is 1.82 bits per heavy atom. The molecule has 34 heavy (non-hydrogen) atoms. The van der Waals surface area contributed by atoms with Gasteiger partial charge in [-0.25, -0.2) is 0 Å². The Morgan fingerprint density at radius 3 is 2.56 bits per heavy atom. The van der Waals surface area contributed by atoms with E-state index in [-0.39, 0.29) is 12.2 Å². The van der Waals surface area contributed by atoms with Crippen LogP contribution in [0.1, 0.15) is 32.3 Å². The number of piperazine rings is 1. The Hall–Kier alpha value is -2.24. The predicted octanol–water partition coefficient (Wildman–Crippen LogP) is 2.80.